The maximum absolute atomic E-state index is 14.8. The number of halogens is 4. The number of pyridine rings is 1. The first-order valence-corrected chi connectivity index (χ1v) is 12.9. The highest BCUT2D eigenvalue weighted by molar-refractivity contribution is 6.04. The Bertz CT molecular complexity index is 1540. The van der Waals surface area contributed by atoms with Crippen LogP contribution in [0, 0.1) is 12.7 Å². The number of nitrogens with zero attached hydrogens (tertiary/aromatic N) is 4. The number of benzene rings is 2. The third kappa shape index (κ3) is 6.84. The van der Waals surface area contributed by atoms with Gasteiger partial charge in [-0.05, 0) is 55.0 Å². The smallest absolute Gasteiger partial charge is 0.324 e. The Morgan fingerprint density at radius 1 is 1.07 bits per heavy atom. The molecule has 212 valence electrons. The van der Waals surface area contributed by atoms with Crippen LogP contribution in [0.2, 0.25) is 0 Å². The van der Waals surface area contributed by atoms with Crippen molar-refractivity contribution < 1.29 is 22.4 Å². The number of hydrogen-bond acceptors (Lipinski definition) is 7. The fraction of sp³-hybridized carbons (Fsp3) is 0.241. The summed E-state index contributed by atoms with van der Waals surface area (Å²) in [5, 5.41) is 8.64. The summed E-state index contributed by atoms with van der Waals surface area (Å²) in [7, 11) is 0. The van der Waals surface area contributed by atoms with E-state index in [2.05, 4.69) is 30.9 Å². The average molecular weight is 566 g/mol. The number of hydrogen-bond donors (Lipinski definition) is 3. The molecule has 0 radical (unpaired) electrons. The summed E-state index contributed by atoms with van der Waals surface area (Å²) in [6.45, 7) is 4.34. The summed E-state index contributed by atoms with van der Waals surface area (Å²) in [5.41, 5.74) is 0.982. The highest BCUT2D eigenvalue weighted by Crippen LogP contribution is 2.34. The average Bonchev–Trinajstić information content (AvgIpc) is 2.96. The second kappa shape index (κ2) is 12.0. The van der Waals surface area contributed by atoms with Crippen LogP contribution in [-0.4, -0.2) is 51.9 Å². The molecule has 3 N–H and O–H groups in total. The zero-order valence-corrected chi connectivity index (χ0v) is 22.1. The van der Waals surface area contributed by atoms with E-state index in [0.29, 0.717) is 31.9 Å². The molecule has 4 aromatic rings. The standard InChI is InChI=1S/C29H27F4N7O/c1-18-24(30)14-22(15-26(18)39-28-36-8-6-25(38-28)20-3-2-7-35-16-20)37-27(41)19-4-5-21(23(13-19)29(31,32)33)17-40-11-9-34-10-12-40/h2-8,13-16,34H,9-12,17H2,1H3,(H,37,41)(H,36,38,39). The van der Waals surface area contributed by atoms with Crippen LogP contribution in [0.1, 0.15) is 27.0 Å². The number of anilines is 3. The fourth-order valence-electron chi connectivity index (χ4n) is 4.53. The molecule has 1 fully saturated rings. The molecule has 5 rings (SSSR count). The molecule has 2 aromatic heterocycles. The minimum Gasteiger partial charge on any atom is -0.324 e. The lowest BCUT2D eigenvalue weighted by molar-refractivity contribution is -0.138. The van der Waals surface area contributed by atoms with Crippen LogP contribution in [-0.2, 0) is 12.7 Å². The SMILES string of the molecule is Cc1c(F)cc(NC(=O)c2ccc(CN3CCNCC3)c(C(F)(F)F)c2)cc1Nc1nccc(-c2cccnc2)n1. The number of alkyl halides is 3. The lowest BCUT2D eigenvalue weighted by Gasteiger charge is -2.28. The number of aromatic nitrogens is 3. The van der Waals surface area contributed by atoms with Crippen LogP contribution in [0.15, 0.2) is 67.1 Å². The first kappa shape index (κ1) is 28.1. The molecule has 3 heterocycles. The Labute approximate surface area is 233 Å². The molecule has 0 saturated carbocycles. The summed E-state index contributed by atoms with van der Waals surface area (Å²) in [6, 6.07) is 11.4. The molecule has 1 aliphatic heterocycles. The third-order valence-corrected chi connectivity index (χ3v) is 6.74. The van der Waals surface area contributed by atoms with E-state index in [-0.39, 0.29) is 40.6 Å². The van der Waals surface area contributed by atoms with Crippen molar-refractivity contribution in [2.45, 2.75) is 19.6 Å². The minimum absolute atomic E-state index is 0.0578. The topological polar surface area (TPSA) is 95.1 Å². The van der Waals surface area contributed by atoms with E-state index < -0.39 is 23.5 Å². The first-order valence-electron chi connectivity index (χ1n) is 12.9. The molecule has 1 saturated heterocycles. The van der Waals surface area contributed by atoms with Gasteiger partial charge in [-0.25, -0.2) is 14.4 Å². The van der Waals surface area contributed by atoms with Crippen LogP contribution in [0.4, 0.5) is 34.9 Å². The summed E-state index contributed by atoms with van der Waals surface area (Å²) in [6.07, 6.45) is 0.187. The van der Waals surface area contributed by atoms with E-state index in [0.717, 1.165) is 17.7 Å². The second-order valence-electron chi connectivity index (χ2n) is 9.61. The van der Waals surface area contributed by atoms with Gasteiger partial charge in [-0.2, -0.15) is 13.2 Å². The summed E-state index contributed by atoms with van der Waals surface area (Å²) in [4.78, 5) is 27.6. The molecule has 0 aliphatic carbocycles. The minimum atomic E-state index is -4.64. The Morgan fingerprint density at radius 3 is 2.61 bits per heavy atom. The molecule has 1 aliphatic rings. The fourth-order valence-corrected chi connectivity index (χ4v) is 4.53. The van der Waals surface area contributed by atoms with E-state index in [1.54, 1.807) is 37.6 Å². The summed E-state index contributed by atoms with van der Waals surface area (Å²) < 4.78 is 56.6. The predicted molar refractivity (Wildman–Crippen MR) is 147 cm³/mol. The first-order chi connectivity index (χ1) is 19.7. The third-order valence-electron chi connectivity index (χ3n) is 6.74. The normalized spacial score (nSPS) is 14.1. The quantitative estimate of drug-likeness (QED) is 0.258. The lowest BCUT2D eigenvalue weighted by Crippen LogP contribution is -2.43. The second-order valence-corrected chi connectivity index (χ2v) is 9.61. The number of amides is 1. The van der Waals surface area contributed by atoms with Gasteiger partial charge in [-0.3, -0.25) is 14.7 Å². The number of nitrogens with one attached hydrogen (secondary N) is 3. The molecule has 8 nitrogen and oxygen atoms in total. The van der Waals surface area contributed by atoms with Gasteiger partial charge in [0.05, 0.1) is 11.3 Å². The van der Waals surface area contributed by atoms with Crippen molar-refractivity contribution in [2.24, 2.45) is 0 Å². The maximum Gasteiger partial charge on any atom is 0.416 e. The summed E-state index contributed by atoms with van der Waals surface area (Å²) >= 11 is 0. The van der Waals surface area contributed by atoms with E-state index in [9.17, 15) is 22.4 Å². The van der Waals surface area contributed by atoms with Gasteiger partial charge in [0.2, 0.25) is 5.95 Å². The van der Waals surface area contributed by atoms with Crippen LogP contribution in [0.3, 0.4) is 0 Å². The number of piperazine rings is 1. The number of carbonyl (C=O) groups excluding carboxylic acids is 1. The van der Waals surface area contributed by atoms with Gasteiger partial charge in [0.15, 0.2) is 0 Å². The molecule has 2 aromatic carbocycles. The van der Waals surface area contributed by atoms with E-state index >= 15 is 0 Å². The molecular formula is C29H27F4N7O. The van der Waals surface area contributed by atoms with Crippen LogP contribution >= 0.6 is 0 Å². The molecule has 0 atom stereocenters. The van der Waals surface area contributed by atoms with Gasteiger partial charge >= 0.3 is 6.18 Å². The monoisotopic (exact) mass is 565 g/mol. The van der Waals surface area contributed by atoms with Crippen LogP contribution < -0.4 is 16.0 Å². The Morgan fingerprint density at radius 2 is 1.88 bits per heavy atom. The largest absolute Gasteiger partial charge is 0.416 e. The molecule has 0 unspecified atom stereocenters. The van der Waals surface area contributed by atoms with Gasteiger partial charge < -0.3 is 16.0 Å². The van der Waals surface area contributed by atoms with Crippen molar-refractivity contribution in [1.82, 2.24) is 25.2 Å². The molecule has 0 bridgehead atoms. The van der Waals surface area contributed by atoms with Crippen molar-refractivity contribution in [3.8, 4) is 11.3 Å². The Kier molecular flexibility index (Phi) is 8.22. The molecular weight excluding hydrogens is 538 g/mol. The van der Waals surface area contributed by atoms with E-state index in [1.807, 2.05) is 11.0 Å². The predicted octanol–water partition coefficient (Wildman–Crippen LogP) is 5.41. The molecule has 0 spiro atoms. The van der Waals surface area contributed by atoms with Crippen molar-refractivity contribution in [3.63, 3.8) is 0 Å². The highest BCUT2D eigenvalue weighted by Gasteiger charge is 2.34. The zero-order chi connectivity index (χ0) is 29.0. The lowest BCUT2D eigenvalue weighted by atomic mass is 10.0. The summed E-state index contributed by atoms with van der Waals surface area (Å²) in [5.74, 6) is -1.24. The van der Waals surface area contributed by atoms with Crippen molar-refractivity contribution in [2.75, 3.05) is 36.8 Å². The van der Waals surface area contributed by atoms with Gasteiger partial charge in [0.1, 0.15) is 5.82 Å². The van der Waals surface area contributed by atoms with Gasteiger partial charge in [0.25, 0.3) is 5.91 Å². The molecule has 12 heteroatoms. The zero-order valence-electron chi connectivity index (χ0n) is 22.1. The van der Waals surface area contributed by atoms with Gasteiger partial charge in [-0.15, -0.1) is 0 Å². The number of carbonyl (C=O) groups is 1. The van der Waals surface area contributed by atoms with E-state index in [4.69, 9.17) is 0 Å². The molecule has 1 amide bonds. The van der Waals surface area contributed by atoms with Crippen molar-refractivity contribution >= 4 is 23.2 Å². The van der Waals surface area contributed by atoms with Crippen LogP contribution in [0.5, 0.6) is 0 Å². The van der Waals surface area contributed by atoms with Gasteiger partial charge in [-0.1, -0.05) is 6.07 Å². The number of rotatable bonds is 7. The highest BCUT2D eigenvalue weighted by atomic mass is 19.4. The molecule has 41 heavy (non-hydrogen) atoms. The maximum atomic E-state index is 14.8. The van der Waals surface area contributed by atoms with E-state index in [1.165, 1.54) is 18.2 Å². The van der Waals surface area contributed by atoms with Crippen molar-refractivity contribution in [3.05, 3.63) is 95.2 Å². The van der Waals surface area contributed by atoms with Crippen LogP contribution in [0.25, 0.3) is 11.3 Å². The van der Waals surface area contributed by atoms with Crippen molar-refractivity contribution in [1.29, 1.82) is 0 Å². The van der Waals surface area contributed by atoms with Gasteiger partial charge in [0, 0.05) is 79.4 Å². The Hall–Kier alpha value is -4.42. The Balaban J connectivity index is 1.36.